The van der Waals surface area contributed by atoms with E-state index in [1.54, 1.807) is 30.9 Å². The zero-order valence-electron chi connectivity index (χ0n) is 22.7. The summed E-state index contributed by atoms with van der Waals surface area (Å²) < 4.78 is 33.2. The topological polar surface area (TPSA) is 138 Å². The third kappa shape index (κ3) is 6.18. The van der Waals surface area contributed by atoms with Gasteiger partial charge in [0.1, 0.15) is 6.04 Å². The Morgan fingerprint density at radius 1 is 1.10 bits per heavy atom. The Morgan fingerprint density at radius 2 is 1.82 bits per heavy atom. The van der Waals surface area contributed by atoms with Crippen LogP contribution in [0.5, 0.6) is 0 Å². The van der Waals surface area contributed by atoms with Crippen LogP contribution in [0.4, 0.5) is 0 Å². The molecule has 2 aliphatic heterocycles. The maximum absolute atomic E-state index is 13.9. The number of nitrogens with zero attached hydrogens (tertiary/aromatic N) is 2. The highest BCUT2D eigenvalue weighted by Gasteiger charge is 2.33. The molecule has 1 unspecified atom stereocenters. The van der Waals surface area contributed by atoms with Gasteiger partial charge in [0, 0.05) is 49.7 Å². The molecule has 1 atom stereocenters. The molecule has 40 heavy (non-hydrogen) atoms. The van der Waals surface area contributed by atoms with Gasteiger partial charge < -0.3 is 25.7 Å². The van der Waals surface area contributed by atoms with E-state index < -0.39 is 27.5 Å². The van der Waals surface area contributed by atoms with Crippen LogP contribution in [0.3, 0.4) is 0 Å². The van der Waals surface area contributed by atoms with Crippen molar-refractivity contribution >= 4 is 45.1 Å². The molecule has 5 rings (SSSR count). The summed E-state index contributed by atoms with van der Waals surface area (Å²) >= 11 is 0. The summed E-state index contributed by atoms with van der Waals surface area (Å²) in [5, 5.41) is 3.86. The van der Waals surface area contributed by atoms with Crippen LogP contribution in [0.2, 0.25) is 0 Å². The Morgan fingerprint density at radius 3 is 2.55 bits per heavy atom. The molecular formula is C28H36ClN5O5S. The van der Waals surface area contributed by atoms with Crippen LogP contribution in [-0.4, -0.2) is 78.9 Å². The number of nitrogens with one attached hydrogen (secondary N) is 2. The second-order valence-corrected chi connectivity index (χ2v) is 12.7. The molecule has 1 aromatic heterocycles. The second kappa shape index (κ2) is 11.9. The summed E-state index contributed by atoms with van der Waals surface area (Å²) in [5.74, 6) is -0.651. The van der Waals surface area contributed by atoms with Gasteiger partial charge in [0.25, 0.3) is 0 Å². The largest absolute Gasteiger partial charge is 0.379 e. The first-order valence-corrected chi connectivity index (χ1v) is 14.6. The number of amides is 2. The molecule has 2 aliphatic rings. The van der Waals surface area contributed by atoms with E-state index in [1.807, 2.05) is 36.5 Å². The summed E-state index contributed by atoms with van der Waals surface area (Å²) in [6.45, 7) is 5.30. The van der Waals surface area contributed by atoms with Gasteiger partial charge >= 0.3 is 0 Å². The Bertz CT molecular complexity index is 1490. The Hall–Kier alpha value is -2.96. The highest BCUT2D eigenvalue weighted by Crippen LogP contribution is 2.26. The molecule has 10 nitrogen and oxygen atoms in total. The van der Waals surface area contributed by atoms with Crippen molar-refractivity contribution in [3.05, 3.63) is 65.4 Å². The third-order valence-corrected chi connectivity index (χ3v) is 9.29. The Labute approximate surface area is 240 Å². The number of aromatic amines is 1. The summed E-state index contributed by atoms with van der Waals surface area (Å²) in [7, 11) is -3.66. The number of benzene rings is 2. The number of carbonyl (C=O) groups excluding carboxylic acids is 2. The van der Waals surface area contributed by atoms with Crippen molar-refractivity contribution in [2.24, 2.45) is 5.73 Å². The molecule has 3 aromatic rings. The van der Waals surface area contributed by atoms with Crippen molar-refractivity contribution < 1.29 is 22.7 Å². The van der Waals surface area contributed by atoms with Gasteiger partial charge in [0.2, 0.25) is 21.8 Å². The fraction of sp³-hybridized carbons (Fsp3) is 0.429. The van der Waals surface area contributed by atoms with E-state index in [0.29, 0.717) is 45.7 Å². The number of rotatable bonds is 7. The molecule has 2 amide bonds. The molecule has 3 heterocycles. The van der Waals surface area contributed by atoms with Crippen LogP contribution < -0.4 is 11.1 Å². The van der Waals surface area contributed by atoms with Gasteiger partial charge in [-0.2, -0.15) is 4.31 Å². The van der Waals surface area contributed by atoms with Crippen molar-refractivity contribution in [3.8, 4) is 0 Å². The molecule has 0 aliphatic carbocycles. The fourth-order valence-electron chi connectivity index (χ4n) is 5.10. The highest BCUT2D eigenvalue weighted by molar-refractivity contribution is 7.89. The number of halogens is 1. The van der Waals surface area contributed by atoms with Crippen molar-refractivity contribution in [1.29, 1.82) is 0 Å². The van der Waals surface area contributed by atoms with E-state index in [0.717, 1.165) is 27.6 Å². The van der Waals surface area contributed by atoms with E-state index in [9.17, 15) is 18.0 Å². The highest BCUT2D eigenvalue weighted by atomic mass is 35.5. The monoisotopic (exact) mass is 589 g/mol. The van der Waals surface area contributed by atoms with Crippen molar-refractivity contribution in [3.63, 3.8) is 0 Å². The van der Waals surface area contributed by atoms with E-state index in [-0.39, 0.29) is 29.8 Å². The van der Waals surface area contributed by atoms with Crippen LogP contribution in [0.25, 0.3) is 10.9 Å². The van der Waals surface area contributed by atoms with E-state index in [1.165, 1.54) is 4.31 Å². The number of ether oxygens (including phenoxy) is 1. The summed E-state index contributed by atoms with van der Waals surface area (Å²) in [5.41, 5.74) is 8.55. The van der Waals surface area contributed by atoms with Crippen molar-refractivity contribution in [2.45, 2.75) is 49.7 Å². The number of para-hydroxylation sites is 1. The Balaban J connectivity index is 0.00000370. The molecular weight excluding hydrogens is 554 g/mol. The number of aromatic nitrogens is 1. The Kier molecular flexibility index (Phi) is 8.91. The third-order valence-electron chi connectivity index (χ3n) is 7.40. The van der Waals surface area contributed by atoms with Gasteiger partial charge in [-0.1, -0.05) is 24.3 Å². The molecule has 2 aromatic carbocycles. The number of nitrogens with two attached hydrogens (primary N) is 1. The lowest BCUT2D eigenvalue weighted by Crippen LogP contribution is -2.57. The molecule has 0 saturated carbocycles. The van der Waals surface area contributed by atoms with Crippen LogP contribution in [-0.2, 0) is 43.7 Å². The van der Waals surface area contributed by atoms with Crippen LogP contribution in [0.15, 0.2) is 53.6 Å². The second-order valence-electron chi connectivity index (χ2n) is 10.8. The minimum absolute atomic E-state index is 0. The molecule has 0 bridgehead atoms. The first-order valence-electron chi connectivity index (χ1n) is 13.2. The molecule has 12 heteroatoms. The average molecular weight is 590 g/mol. The number of H-pyrrole nitrogens is 1. The SMILES string of the molecule is CC(C)(N)C(=O)NC(Cc1c[nH]c2ccccc12)C(=O)N1CCc2ccc(S(=O)(=O)N3CCOCC3)cc2C1.Cl. The number of hydrogen-bond donors (Lipinski definition) is 3. The lowest BCUT2D eigenvalue weighted by molar-refractivity contribution is -0.138. The van der Waals surface area contributed by atoms with Gasteiger partial charge in [-0.05, 0) is 55.2 Å². The quantitative estimate of drug-likeness (QED) is 0.385. The van der Waals surface area contributed by atoms with Crippen molar-refractivity contribution in [1.82, 2.24) is 19.5 Å². The predicted octanol–water partition coefficient (Wildman–Crippen LogP) is 1.96. The van der Waals surface area contributed by atoms with E-state index >= 15 is 0 Å². The number of fused-ring (bicyclic) bond motifs is 2. The maximum Gasteiger partial charge on any atom is 0.245 e. The lowest BCUT2D eigenvalue weighted by Gasteiger charge is -2.33. The number of carbonyl (C=O) groups is 2. The van der Waals surface area contributed by atoms with E-state index in [4.69, 9.17) is 10.5 Å². The zero-order chi connectivity index (χ0) is 27.8. The van der Waals surface area contributed by atoms with Crippen LogP contribution in [0.1, 0.15) is 30.5 Å². The summed E-state index contributed by atoms with van der Waals surface area (Å²) in [6.07, 6.45) is 2.74. The minimum Gasteiger partial charge on any atom is -0.379 e. The summed E-state index contributed by atoms with van der Waals surface area (Å²) in [4.78, 5) is 31.9. The molecule has 1 saturated heterocycles. The van der Waals surface area contributed by atoms with Crippen LogP contribution in [0, 0.1) is 0 Å². The van der Waals surface area contributed by atoms with Crippen LogP contribution >= 0.6 is 12.4 Å². The molecule has 0 radical (unpaired) electrons. The zero-order valence-corrected chi connectivity index (χ0v) is 24.3. The van der Waals surface area contributed by atoms with Gasteiger partial charge in [0.15, 0.2) is 0 Å². The van der Waals surface area contributed by atoms with Crippen molar-refractivity contribution in [2.75, 3.05) is 32.8 Å². The normalized spacial score (nSPS) is 17.1. The molecule has 4 N–H and O–H groups in total. The minimum atomic E-state index is -3.66. The molecule has 216 valence electrons. The molecule has 0 spiro atoms. The maximum atomic E-state index is 13.9. The van der Waals surface area contributed by atoms with Gasteiger partial charge in [-0.25, -0.2) is 8.42 Å². The fourth-order valence-corrected chi connectivity index (χ4v) is 6.56. The standard InChI is InChI=1S/C28H35N5O5S.ClH/c1-28(2,29)27(35)31-25(16-20-17-30-24-6-4-3-5-23(20)24)26(34)32-10-9-19-7-8-22(15-21(19)18-32)39(36,37)33-11-13-38-14-12-33;/h3-8,15,17,25,30H,9-14,16,18,29H2,1-2H3,(H,31,35);1H. The van der Waals surface area contributed by atoms with Gasteiger partial charge in [-0.15, -0.1) is 12.4 Å². The van der Waals surface area contributed by atoms with Gasteiger partial charge in [-0.3, -0.25) is 9.59 Å². The number of morpholine rings is 1. The summed E-state index contributed by atoms with van der Waals surface area (Å²) in [6, 6.07) is 12.1. The smallest absolute Gasteiger partial charge is 0.245 e. The average Bonchev–Trinajstić information content (AvgIpc) is 3.34. The number of hydrogen-bond acceptors (Lipinski definition) is 6. The molecule has 1 fully saturated rings. The van der Waals surface area contributed by atoms with Gasteiger partial charge in [0.05, 0.1) is 23.6 Å². The number of sulfonamides is 1. The predicted molar refractivity (Wildman–Crippen MR) is 155 cm³/mol. The first kappa shape index (κ1) is 30.0. The lowest BCUT2D eigenvalue weighted by atomic mass is 9.97. The first-order chi connectivity index (χ1) is 18.5. The van der Waals surface area contributed by atoms with E-state index in [2.05, 4.69) is 10.3 Å².